The molecule has 32 heavy (non-hydrogen) atoms. The summed E-state index contributed by atoms with van der Waals surface area (Å²) in [6.45, 7) is 1.32. The minimum Gasteiger partial charge on any atom is -0.457 e. The van der Waals surface area contributed by atoms with Gasteiger partial charge in [-0.2, -0.15) is 4.98 Å². The first-order chi connectivity index (χ1) is 15.5. The number of nitrogens with one attached hydrogen (secondary N) is 2. The van der Waals surface area contributed by atoms with Crippen LogP contribution >= 0.6 is 11.6 Å². The number of ether oxygens (including phenoxy) is 1. The maximum atomic E-state index is 14.4. The summed E-state index contributed by atoms with van der Waals surface area (Å²) in [6, 6.07) is 11.3. The van der Waals surface area contributed by atoms with Gasteiger partial charge in [0.2, 0.25) is 0 Å². The van der Waals surface area contributed by atoms with Gasteiger partial charge in [-0.05, 0) is 48.4 Å². The third-order valence-electron chi connectivity index (χ3n) is 5.59. The number of aromatic nitrogens is 2. The van der Waals surface area contributed by atoms with Gasteiger partial charge in [-0.15, -0.1) is 0 Å². The second-order valence-electron chi connectivity index (χ2n) is 7.76. The Morgan fingerprint density at radius 3 is 2.81 bits per heavy atom. The lowest BCUT2D eigenvalue weighted by Gasteiger charge is -2.26. The predicted molar refractivity (Wildman–Crippen MR) is 118 cm³/mol. The molecule has 2 atom stereocenters. The maximum Gasteiger partial charge on any atom is 0.297 e. The number of aliphatic imine (C=N–C) groups is 1. The Labute approximate surface area is 187 Å². The van der Waals surface area contributed by atoms with Crippen molar-refractivity contribution < 1.29 is 13.5 Å². The molecule has 3 aromatic rings. The lowest BCUT2D eigenvalue weighted by atomic mass is 9.97. The average Bonchev–Trinajstić information content (AvgIpc) is 3.18. The summed E-state index contributed by atoms with van der Waals surface area (Å²) in [6.07, 6.45) is -1.55. The second kappa shape index (κ2) is 8.44. The van der Waals surface area contributed by atoms with Gasteiger partial charge in [0.1, 0.15) is 18.1 Å². The molecule has 1 saturated heterocycles. The predicted octanol–water partition coefficient (Wildman–Crippen LogP) is 3.66. The van der Waals surface area contributed by atoms with Crippen molar-refractivity contribution in [1.29, 1.82) is 0 Å². The Balaban J connectivity index is 1.48. The number of fused-ring (bicyclic) bond motifs is 1. The number of aromatic amines is 1. The van der Waals surface area contributed by atoms with Crippen molar-refractivity contribution in [3.63, 3.8) is 0 Å². The number of hydrogen-bond donors (Lipinski definition) is 2. The van der Waals surface area contributed by atoms with E-state index in [9.17, 15) is 13.6 Å². The van der Waals surface area contributed by atoms with Gasteiger partial charge < -0.3 is 10.1 Å². The highest BCUT2D eigenvalue weighted by Crippen LogP contribution is 2.31. The van der Waals surface area contributed by atoms with E-state index in [0.29, 0.717) is 53.6 Å². The fourth-order valence-electron chi connectivity index (χ4n) is 3.96. The summed E-state index contributed by atoms with van der Waals surface area (Å²) >= 11 is 5.87. The van der Waals surface area contributed by atoms with E-state index in [2.05, 4.69) is 20.3 Å². The topological polar surface area (TPSA) is 79.4 Å². The van der Waals surface area contributed by atoms with Crippen LogP contribution < -0.4 is 15.6 Å². The fraction of sp³-hybridized carbons (Fsp3) is 0.261. The number of piperidine rings is 1. The van der Waals surface area contributed by atoms with Crippen LogP contribution in [0, 0.1) is 5.82 Å². The number of H-pyrrole nitrogens is 1. The molecule has 1 fully saturated rings. The normalized spacial score (nSPS) is 20.0. The molecule has 0 radical (unpaired) electrons. The molecular weight excluding hydrogens is 438 g/mol. The summed E-state index contributed by atoms with van der Waals surface area (Å²) in [5, 5.41) is 3.38. The third-order valence-corrected chi connectivity index (χ3v) is 5.82. The van der Waals surface area contributed by atoms with Crippen molar-refractivity contribution in [2.45, 2.75) is 25.2 Å². The molecule has 2 aromatic carbocycles. The molecule has 0 bridgehead atoms. The van der Waals surface area contributed by atoms with Crippen molar-refractivity contribution in [1.82, 2.24) is 15.3 Å². The van der Waals surface area contributed by atoms with Crippen LogP contribution in [0.2, 0.25) is 5.02 Å². The fourth-order valence-corrected chi connectivity index (χ4v) is 4.12. The Hall–Kier alpha value is -3.10. The van der Waals surface area contributed by atoms with E-state index in [-0.39, 0.29) is 6.01 Å². The summed E-state index contributed by atoms with van der Waals surface area (Å²) in [4.78, 5) is 23.7. The van der Waals surface area contributed by atoms with Crippen molar-refractivity contribution in [3.8, 4) is 17.1 Å². The van der Waals surface area contributed by atoms with Gasteiger partial charge in [0.15, 0.2) is 0 Å². The van der Waals surface area contributed by atoms with E-state index >= 15 is 0 Å². The molecule has 2 N–H and O–H groups in total. The van der Waals surface area contributed by atoms with Crippen LogP contribution in [0.15, 0.2) is 52.3 Å². The molecule has 0 unspecified atom stereocenters. The minimum atomic E-state index is -1.15. The molecule has 0 saturated carbocycles. The monoisotopic (exact) mass is 456 g/mol. The molecule has 6 nitrogen and oxygen atoms in total. The largest absolute Gasteiger partial charge is 0.457 e. The molecule has 3 heterocycles. The number of rotatable bonds is 4. The van der Waals surface area contributed by atoms with Crippen LogP contribution in [0.3, 0.4) is 0 Å². The molecule has 1 aromatic heterocycles. The van der Waals surface area contributed by atoms with Crippen molar-refractivity contribution >= 4 is 17.3 Å². The van der Waals surface area contributed by atoms with Gasteiger partial charge in [-0.1, -0.05) is 23.7 Å². The third kappa shape index (κ3) is 4.03. The molecule has 0 amide bonds. The van der Waals surface area contributed by atoms with E-state index < -0.39 is 23.7 Å². The van der Waals surface area contributed by atoms with Crippen molar-refractivity contribution in [2.75, 3.05) is 13.1 Å². The van der Waals surface area contributed by atoms with Crippen LogP contribution in [0.5, 0.6) is 6.01 Å². The number of halogens is 3. The highest BCUT2D eigenvalue weighted by molar-refractivity contribution is 6.30. The average molecular weight is 457 g/mol. The summed E-state index contributed by atoms with van der Waals surface area (Å²) < 4.78 is 34.2. The van der Waals surface area contributed by atoms with Gasteiger partial charge in [0.25, 0.3) is 11.6 Å². The standard InChI is InChI=1S/C23H19ClF2N4O2/c24-14-3-4-15(18(26)8-14)12-1-2-13-10-28-22(16(13)7-12)19-9-21(31)30-23(29-19)32-20-11-27-6-5-17(20)25/h1-4,7-9,17,20,27H,5-6,10-11H2,(H,29,30,31)/t17-,20-/m0/s1. The Bertz CT molecular complexity index is 1280. The molecule has 5 rings (SSSR count). The van der Waals surface area contributed by atoms with E-state index in [4.69, 9.17) is 16.3 Å². The van der Waals surface area contributed by atoms with Gasteiger partial charge in [-0.3, -0.25) is 14.8 Å². The zero-order valence-electron chi connectivity index (χ0n) is 16.9. The Kier molecular flexibility index (Phi) is 5.48. The lowest BCUT2D eigenvalue weighted by Crippen LogP contribution is -2.45. The van der Waals surface area contributed by atoms with E-state index in [0.717, 1.165) is 11.1 Å². The summed E-state index contributed by atoms with van der Waals surface area (Å²) in [5.41, 5.74) is 3.14. The van der Waals surface area contributed by atoms with E-state index in [1.165, 1.54) is 12.1 Å². The first-order valence-electron chi connectivity index (χ1n) is 10.2. The Morgan fingerprint density at radius 2 is 2.00 bits per heavy atom. The molecule has 2 aliphatic rings. The molecular formula is C23H19ClF2N4O2. The van der Waals surface area contributed by atoms with Crippen LogP contribution in [0.25, 0.3) is 11.1 Å². The summed E-state index contributed by atoms with van der Waals surface area (Å²) in [5.74, 6) is -0.430. The second-order valence-corrected chi connectivity index (χ2v) is 8.20. The highest BCUT2D eigenvalue weighted by Gasteiger charge is 2.28. The van der Waals surface area contributed by atoms with Crippen LogP contribution in [-0.4, -0.2) is 41.0 Å². The highest BCUT2D eigenvalue weighted by atomic mass is 35.5. The van der Waals surface area contributed by atoms with Gasteiger partial charge in [0.05, 0.1) is 18.0 Å². The zero-order chi connectivity index (χ0) is 22.2. The van der Waals surface area contributed by atoms with Gasteiger partial charge in [-0.25, -0.2) is 8.78 Å². The SMILES string of the molecule is O=c1cc(C2=NCc3ccc(-c4ccc(Cl)cc4F)cc32)nc(O[C@H]2CNCC[C@@H]2F)[nH]1. The van der Waals surface area contributed by atoms with Crippen molar-refractivity contribution in [2.24, 2.45) is 4.99 Å². The van der Waals surface area contributed by atoms with E-state index in [1.54, 1.807) is 12.1 Å². The smallest absolute Gasteiger partial charge is 0.297 e. The molecule has 0 aliphatic carbocycles. The molecule has 0 spiro atoms. The van der Waals surface area contributed by atoms with Crippen molar-refractivity contribution in [3.05, 3.63) is 80.5 Å². The van der Waals surface area contributed by atoms with Crippen LogP contribution in [-0.2, 0) is 6.54 Å². The van der Waals surface area contributed by atoms with Gasteiger partial charge >= 0.3 is 0 Å². The Morgan fingerprint density at radius 1 is 1.12 bits per heavy atom. The van der Waals surface area contributed by atoms with Crippen LogP contribution in [0.4, 0.5) is 8.78 Å². The van der Waals surface area contributed by atoms with Crippen LogP contribution in [0.1, 0.15) is 23.2 Å². The number of alkyl halides is 1. The van der Waals surface area contributed by atoms with Gasteiger partial charge in [0, 0.05) is 28.8 Å². The molecule has 9 heteroatoms. The maximum absolute atomic E-state index is 14.4. The first kappa shape index (κ1) is 20.8. The minimum absolute atomic E-state index is 0.0556. The zero-order valence-corrected chi connectivity index (χ0v) is 17.6. The number of benzene rings is 2. The quantitative estimate of drug-likeness (QED) is 0.628. The summed E-state index contributed by atoms with van der Waals surface area (Å²) in [7, 11) is 0. The lowest BCUT2D eigenvalue weighted by molar-refractivity contribution is 0.0664. The molecule has 2 aliphatic heterocycles. The number of hydrogen-bond acceptors (Lipinski definition) is 5. The van der Waals surface area contributed by atoms with E-state index in [1.807, 2.05) is 18.2 Å². The molecule has 164 valence electrons. The first-order valence-corrected chi connectivity index (χ1v) is 10.6. The number of nitrogens with zero attached hydrogens (tertiary/aromatic N) is 2.